The smallest absolute Gasteiger partial charge is 0.433 e. The summed E-state index contributed by atoms with van der Waals surface area (Å²) in [4.78, 5) is 15.5. The minimum Gasteiger partial charge on any atom is -0.444 e. The minimum absolute atomic E-state index is 0.316. The molecule has 0 saturated carbocycles. The first kappa shape index (κ1) is 27.3. The summed E-state index contributed by atoms with van der Waals surface area (Å²) in [6, 6.07) is 12.7. The lowest BCUT2D eigenvalue weighted by Crippen LogP contribution is -2.37. The van der Waals surface area contributed by atoms with Gasteiger partial charge in [0.1, 0.15) is 11.3 Å². The van der Waals surface area contributed by atoms with Gasteiger partial charge in [0, 0.05) is 5.39 Å². The van der Waals surface area contributed by atoms with E-state index in [9.17, 15) is 36.2 Å². The fourth-order valence-corrected chi connectivity index (χ4v) is 3.64. The number of pyridine rings is 1. The average Bonchev–Trinajstić information content (AvgIpc) is 2.79. The van der Waals surface area contributed by atoms with Gasteiger partial charge in [0.15, 0.2) is 0 Å². The Kier molecular flexibility index (Phi) is 7.82. The lowest BCUT2D eigenvalue weighted by Gasteiger charge is -2.26. The molecule has 36 heavy (non-hydrogen) atoms. The van der Waals surface area contributed by atoms with E-state index in [-0.39, 0.29) is 5.39 Å². The number of aromatic nitrogens is 1. The summed E-state index contributed by atoms with van der Waals surface area (Å²) >= 11 is 0. The van der Waals surface area contributed by atoms with E-state index >= 15 is 0 Å². The van der Waals surface area contributed by atoms with Crippen LogP contribution in [0.1, 0.15) is 48.8 Å². The number of aryl methyl sites for hydroxylation is 1. The van der Waals surface area contributed by atoms with E-state index in [0.29, 0.717) is 25.0 Å². The van der Waals surface area contributed by atoms with Crippen LogP contribution in [0.25, 0.3) is 10.9 Å². The third-order valence-electron chi connectivity index (χ3n) is 5.49. The van der Waals surface area contributed by atoms with Crippen molar-refractivity contribution in [3.63, 3.8) is 0 Å². The summed E-state index contributed by atoms with van der Waals surface area (Å²) < 4.78 is 85.7. The van der Waals surface area contributed by atoms with Crippen LogP contribution in [0, 0.1) is 0 Å². The van der Waals surface area contributed by atoms with Crippen molar-refractivity contribution in [1.82, 2.24) is 10.3 Å². The van der Waals surface area contributed by atoms with E-state index < -0.39 is 59.0 Å². The van der Waals surface area contributed by atoms with E-state index in [1.54, 1.807) is 13.8 Å². The van der Waals surface area contributed by atoms with Crippen molar-refractivity contribution in [1.29, 1.82) is 0 Å². The standard InChI is InChI=1S/C25H24F6N2O3/c1-23(2,12-11-15-7-4-3-5-8-15)36-22(35)32-14-19(34)17-13-20(25(29,30)31)33-21-16(17)9-6-10-18(21)24(26,27)28/h3-10,13,19,34H,11-12,14H2,1-2H3,(H,32,35). The maximum Gasteiger partial charge on any atom is 0.433 e. The van der Waals surface area contributed by atoms with Gasteiger partial charge in [0.05, 0.1) is 23.7 Å². The Morgan fingerprint density at radius 3 is 2.28 bits per heavy atom. The second-order valence-corrected chi connectivity index (χ2v) is 8.83. The Labute approximate surface area is 203 Å². The number of para-hydroxylation sites is 1. The summed E-state index contributed by atoms with van der Waals surface area (Å²) in [5.74, 6) is 0. The number of alkyl carbamates (subject to hydrolysis) is 1. The molecule has 3 aromatic rings. The number of rotatable bonds is 7. The zero-order valence-electron chi connectivity index (χ0n) is 19.4. The number of halogens is 6. The molecule has 194 valence electrons. The fourth-order valence-electron chi connectivity index (χ4n) is 3.64. The van der Waals surface area contributed by atoms with E-state index in [0.717, 1.165) is 17.7 Å². The first-order valence-corrected chi connectivity index (χ1v) is 10.9. The maximum atomic E-state index is 13.4. The number of aliphatic hydroxyl groups excluding tert-OH is 1. The van der Waals surface area contributed by atoms with Crippen LogP contribution in [-0.2, 0) is 23.5 Å². The number of hydrogen-bond donors (Lipinski definition) is 2. The number of aliphatic hydroxyl groups is 1. The number of carbonyl (C=O) groups excluding carboxylic acids is 1. The second-order valence-electron chi connectivity index (χ2n) is 8.83. The molecule has 0 saturated heterocycles. The molecule has 11 heteroatoms. The topological polar surface area (TPSA) is 71.5 Å². The number of fused-ring (bicyclic) bond motifs is 1. The van der Waals surface area contributed by atoms with Gasteiger partial charge < -0.3 is 15.2 Å². The molecule has 3 rings (SSSR count). The van der Waals surface area contributed by atoms with Crippen molar-refractivity contribution >= 4 is 17.0 Å². The van der Waals surface area contributed by atoms with Gasteiger partial charge in [-0.1, -0.05) is 42.5 Å². The van der Waals surface area contributed by atoms with E-state index in [1.165, 1.54) is 0 Å². The van der Waals surface area contributed by atoms with Crippen LogP contribution < -0.4 is 5.32 Å². The Morgan fingerprint density at radius 2 is 1.67 bits per heavy atom. The average molecular weight is 514 g/mol. The summed E-state index contributed by atoms with van der Waals surface area (Å²) in [7, 11) is 0. The summed E-state index contributed by atoms with van der Waals surface area (Å²) in [5.41, 5.74) is -4.23. The predicted molar refractivity (Wildman–Crippen MR) is 120 cm³/mol. The molecule has 2 N–H and O–H groups in total. The number of carbonyl (C=O) groups is 1. The first-order chi connectivity index (χ1) is 16.7. The lowest BCUT2D eigenvalue weighted by molar-refractivity contribution is -0.142. The number of benzene rings is 2. The van der Waals surface area contributed by atoms with Gasteiger partial charge in [-0.3, -0.25) is 0 Å². The van der Waals surface area contributed by atoms with Gasteiger partial charge >= 0.3 is 18.4 Å². The SMILES string of the molecule is CC(C)(CCc1ccccc1)OC(=O)NCC(O)c1cc(C(F)(F)F)nc2c(C(F)(F)F)cccc12. The van der Waals surface area contributed by atoms with Crippen LogP contribution in [0.3, 0.4) is 0 Å². The van der Waals surface area contributed by atoms with E-state index in [4.69, 9.17) is 4.74 Å². The van der Waals surface area contributed by atoms with Crippen molar-refractivity contribution in [2.75, 3.05) is 6.54 Å². The highest BCUT2D eigenvalue weighted by molar-refractivity contribution is 5.86. The van der Waals surface area contributed by atoms with Crippen molar-refractivity contribution < 1.29 is 41.0 Å². The quantitative estimate of drug-likeness (QED) is 0.356. The molecule has 1 heterocycles. The van der Waals surface area contributed by atoms with Crippen LogP contribution in [-0.4, -0.2) is 28.3 Å². The highest BCUT2D eigenvalue weighted by Crippen LogP contribution is 2.38. The van der Waals surface area contributed by atoms with Crippen LogP contribution in [0.15, 0.2) is 54.6 Å². The Bertz CT molecular complexity index is 1210. The number of alkyl halides is 6. The van der Waals surface area contributed by atoms with Gasteiger partial charge in [-0.25, -0.2) is 9.78 Å². The largest absolute Gasteiger partial charge is 0.444 e. The number of nitrogens with zero attached hydrogens (tertiary/aromatic N) is 1. The van der Waals surface area contributed by atoms with Crippen LogP contribution >= 0.6 is 0 Å². The molecule has 0 aliphatic rings. The lowest BCUT2D eigenvalue weighted by atomic mass is 9.98. The zero-order valence-corrected chi connectivity index (χ0v) is 19.4. The molecule has 0 aliphatic carbocycles. The fraction of sp³-hybridized carbons (Fsp3) is 0.360. The van der Waals surface area contributed by atoms with Crippen molar-refractivity contribution in [2.45, 2.75) is 50.7 Å². The molecule has 1 amide bonds. The van der Waals surface area contributed by atoms with Crippen molar-refractivity contribution in [3.8, 4) is 0 Å². The molecular formula is C25H24F6N2O3. The van der Waals surface area contributed by atoms with Crippen LogP contribution in [0.4, 0.5) is 31.1 Å². The Hall–Kier alpha value is -3.34. The first-order valence-electron chi connectivity index (χ1n) is 10.9. The minimum atomic E-state index is -5.06. The molecule has 1 atom stereocenters. The highest BCUT2D eigenvalue weighted by atomic mass is 19.4. The number of hydrogen-bond acceptors (Lipinski definition) is 4. The molecule has 0 spiro atoms. The van der Waals surface area contributed by atoms with Crippen molar-refractivity contribution in [3.05, 3.63) is 77.0 Å². The highest BCUT2D eigenvalue weighted by Gasteiger charge is 2.38. The van der Waals surface area contributed by atoms with Gasteiger partial charge in [0.25, 0.3) is 0 Å². The number of nitrogens with one attached hydrogen (secondary N) is 1. The molecule has 0 fully saturated rings. The van der Waals surface area contributed by atoms with Crippen LogP contribution in [0.5, 0.6) is 0 Å². The van der Waals surface area contributed by atoms with Gasteiger partial charge in [-0.15, -0.1) is 0 Å². The van der Waals surface area contributed by atoms with Gasteiger partial charge in [-0.2, -0.15) is 26.3 Å². The van der Waals surface area contributed by atoms with E-state index in [1.807, 2.05) is 30.3 Å². The molecule has 0 aliphatic heterocycles. The normalized spacial score (nSPS) is 13.5. The molecular weight excluding hydrogens is 490 g/mol. The molecule has 2 aromatic carbocycles. The zero-order chi connectivity index (χ0) is 26.7. The number of ether oxygens (including phenoxy) is 1. The van der Waals surface area contributed by atoms with Crippen molar-refractivity contribution in [2.24, 2.45) is 0 Å². The monoisotopic (exact) mass is 514 g/mol. The summed E-state index contributed by atoms with van der Waals surface area (Å²) in [6.45, 7) is 2.76. The third-order valence-corrected chi connectivity index (χ3v) is 5.49. The second kappa shape index (κ2) is 10.3. The number of amides is 1. The molecule has 0 bridgehead atoms. The summed E-state index contributed by atoms with van der Waals surface area (Å²) in [6.07, 6.45) is -11.6. The molecule has 1 unspecified atom stereocenters. The molecule has 1 aromatic heterocycles. The Morgan fingerprint density at radius 1 is 1.00 bits per heavy atom. The molecule has 0 radical (unpaired) electrons. The van der Waals surface area contributed by atoms with E-state index in [2.05, 4.69) is 10.3 Å². The molecule has 5 nitrogen and oxygen atoms in total. The summed E-state index contributed by atoms with van der Waals surface area (Å²) in [5, 5.41) is 12.5. The third kappa shape index (κ3) is 6.87. The predicted octanol–water partition coefficient (Wildman–Crippen LogP) is 6.44. The maximum absolute atomic E-state index is 13.4. The van der Waals surface area contributed by atoms with Gasteiger partial charge in [0.2, 0.25) is 0 Å². The Balaban J connectivity index is 1.77. The van der Waals surface area contributed by atoms with Crippen LogP contribution in [0.2, 0.25) is 0 Å². The van der Waals surface area contributed by atoms with Gasteiger partial charge in [-0.05, 0) is 49.9 Å².